The highest BCUT2D eigenvalue weighted by molar-refractivity contribution is 8.01. The maximum absolute atomic E-state index is 13.8. The third kappa shape index (κ3) is 6.30. The summed E-state index contributed by atoms with van der Waals surface area (Å²) in [4.78, 5) is 28.2. The lowest BCUT2D eigenvalue weighted by molar-refractivity contribution is -0.118. The number of methoxy groups -OCH3 is 2. The smallest absolute Gasteiger partial charge is 0.234 e. The molecule has 0 fully saturated rings. The van der Waals surface area contributed by atoms with Gasteiger partial charge in [0.05, 0.1) is 37.5 Å². The fourth-order valence-corrected chi connectivity index (χ4v) is 7.24. The van der Waals surface area contributed by atoms with Crippen LogP contribution in [0.25, 0.3) is 0 Å². The molecule has 0 spiro atoms. The number of aryl methyl sites for hydroxylation is 1. The summed E-state index contributed by atoms with van der Waals surface area (Å²) in [5.74, 6) is 0.633. The Bertz CT molecular complexity index is 1680. The number of thioether (sulfide) groups is 1. The summed E-state index contributed by atoms with van der Waals surface area (Å²) in [6.45, 7) is 6.18. The summed E-state index contributed by atoms with van der Waals surface area (Å²) in [5.41, 5.74) is 10.6. The Morgan fingerprint density at radius 2 is 1.84 bits per heavy atom. The lowest BCUT2D eigenvalue weighted by Crippen LogP contribution is -2.42. The first-order valence-electron chi connectivity index (χ1n) is 14.1. The van der Waals surface area contributed by atoms with Crippen molar-refractivity contribution in [2.75, 3.05) is 30.2 Å². The number of carbonyl (C=O) groups is 2. The number of ketones is 1. The minimum atomic E-state index is -0.554. The number of nitriles is 1. The molecule has 1 aliphatic carbocycles. The molecular formula is C32H34N6O4S2. The number of ether oxygens (including phenoxy) is 2. The van der Waals surface area contributed by atoms with E-state index in [1.165, 1.54) is 28.7 Å². The van der Waals surface area contributed by atoms with Crippen LogP contribution in [0, 0.1) is 16.7 Å². The Morgan fingerprint density at radius 1 is 1.16 bits per heavy atom. The molecule has 0 bridgehead atoms. The van der Waals surface area contributed by atoms with Gasteiger partial charge in [-0.1, -0.05) is 68.1 Å². The maximum atomic E-state index is 13.8. The summed E-state index contributed by atoms with van der Waals surface area (Å²) < 4.78 is 11.1. The highest BCUT2D eigenvalue weighted by atomic mass is 32.2. The zero-order valence-corrected chi connectivity index (χ0v) is 26.9. The predicted octanol–water partition coefficient (Wildman–Crippen LogP) is 5.79. The van der Waals surface area contributed by atoms with Crippen LogP contribution in [-0.2, 0) is 16.0 Å². The van der Waals surface area contributed by atoms with Crippen molar-refractivity contribution in [2.24, 2.45) is 11.1 Å². The van der Waals surface area contributed by atoms with Crippen LogP contribution in [0.5, 0.6) is 11.5 Å². The number of Topliss-reactive ketones (excluding diaryl/α,β-unsaturated/α-hetero) is 1. The third-order valence-electron chi connectivity index (χ3n) is 7.65. The van der Waals surface area contributed by atoms with Gasteiger partial charge in [-0.25, -0.2) is 0 Å². The zero-order valence-electron chi connectivity index (χ0n) is 25.3. The average Bonchev–Trinajstić information content (AvgIpc) is 3.47. The quantitative estimate of drug-likeness (QED) is 0.279. The number of carbonyl (C=O) groups excluding carboxylic acids is 2. The van der Waals surface area contributed by atoms with Crippen molar-refractivity contribution in [2.45, 2.75) is 50.3 Å². The first-order chi connectivity index (χ1) is 21.1. The molecule has 1 unspecified atom stereocenters. The summed E-state index contributed by atoms with van der Waals surface area (Å²) in [6.07, 6.45) is 1.83. The van der Waals surface area contributed by atoms with E-state index in [4.69, 9.17) is 15.2 Å². The number of hydrogen-bond acceptors (Lipinski definition) is 11. The number of nitrogens with one attached hydrogen (secondary N) is 1. The van der Waals surface area contributed by atoms with Gasteiger partial charge in [0.2, 0.25) is 11.0 Å². The lowest BCUT2D eigenvalue weighted by Gasteiger charge is -2.42. The van der Waals surface area contributed by atoms with Crippen molar-refractivity contribution in [1.29, 1.82) is 5.26 Å². The molecule has 3 aromatic rings. The van der Waals surface area contributed by atoms with Crippen LogP contribution in [0.4, 0.5) is 10.8 Å². The van der Waals surface area contributed by atoms with E-state index in [0.29, 0.717) is 50.6 Å². The van der Waals surface area contributed by atoms with Gasteiger partial charge in [0.15, 0.2) is 10.1 Å². The van der Waals surface area contributed by atoms with Crippen molar-refractivity contribution in [1.82, 2.24) is 10.2 Å². The second-order valence-corrected chi connectivity index (χ2v) is 13.5. The maximum Gasteiger partial charge on any atom is 0.234 e. The number of nitrogens with two attached hydrogens (primary N) is 1. The molecule has 2 aliphatic rings. The van der Waals surface area contributed by atoms with E-state index in [1.54, 1.807) is 37.3 Å². The third-order valence-corrected chi connectivity index (χ3v) is 9.69. The monoisotopic (exact) mass is 630 g/mol. The molecule has 0 radical (unpaired) electrons. The Hall–Kier alpha value is -4.34. The number of amides is 1. The Balaban J connectivity index is 1.43. The van der Waals surface area contributed by atoms with Crippen LogP contribution in [-0.4, -0.2) is 41.9 Å². The van der Waals surface area contributed by atoms with E-state index < -0.39 is 5.92 Å². The molecule has 3 N–H and O–H groups in total. The van der Waals surface area contributed by atoms with Gasteiger partial charge < -0.3 is 20.5 Å². The minimum Gasteiger partial charge on any atom is -0.497 e. The van der Waals surface area contributed by atoms with Gasteiger partial charge in [-0.2, -0.15) is 5.26 Å². The number of nitrogens with zero attached hydrogens (tertiary/aromatic N) is 4. The molecule has 12 heteroatoms. The van der Waals surface area contributed by atoms with Gasteiger partial charge in [-0.3, -0.25) is 14.5 Å². The van der Waals surface area contributed by atoms with Gasteiger partial charge in [0.1, 0.15) is 17.3 Å². The van der Waals surface area contributed by atoms with Crippen LogP contribution in [0.15, 0.2) is 69.5 Å². The SMILES string of the molecule is CCc1ccc(C2C(C#N)=C(N)N(c3nnc(SCC(=O)Nc4cc(OC)cc(OC)c4)s3)C3=C2C(=O)CC(C)(C)C3)cc1. The summed E-state index contributed by atoms with van der Waals surface area (Å²) in [6, 6.07) is 15.4. The zero-order chi connectivity index (χ0) is 31.6. The van der Waals surface area contributed by atoms with Crippen molar-refractivity contribution >= 4 is 45.6 Å². The fraction of sp³-hybridized carbons (Fsp3) is 0.344. The first kappa shape index (κ1) is 31.1. The van der Waals surface area contributed by atoms with E-state index in [-0.39, 0.29) is 28.7 Å². The van der Waals surface area contributed by atoms with Crippen LogP contribution in [0.1, 0.15) is 50.7 Å². The highest BCUT2D eigenvalue weighted by Gasteiger charge is 2.45. The Kier molecular flexibility index (Phi) is 8.99. The predicted molar refractivity (Wildman–Crippen MR) is 172 cm³/mol. The number of allylic oxidation sites excluding steroid dienone is 3. The van der Waals surface area contributed by atoms with Crippen LogP contribution >= 0.6 is 23.1 Å². The molecule has 1 aromatic heterocycles. The largest absolute Gasteiger partial charge is 0.497 e. The summed E-state index contributed by atoms with van der Waals surface area (Å²) in [5, 5.41) is 22.3. The molecule has 5 rings (SSSR count). The number of anilines is 2. The van der Waals surface area contributed by atoms with Gasteiger partial charge in [-0.05, 0) is 29.4 Å². The number of rotatable bonds is 9. The molecule has 0 saturated carbocycles. The topological polar surface area (TPSA) is 143 Å². The normalized spacial score (nSPS) is 17.7. The van der Waals surface area contributed by atoms with E-state index in [1.807, 2.05) is 24.3 Å². The van der Waals surface area contributed by atoms with Crippen LogP contribution in [0.2, 0.25) is 0 Å². The molecule has 1 amide bonds. The van der Waals surface area contributed by atoms with Gasteiger partial charge >= 0.3 is 0 Å². The molecule has 10 nitrogen and oxygen atoms in total. The van der Waals surface area contributed by atoms with E-state index in [0.717, 1.165) is 17.7 Å². The van der Waals surface area contributed by atoms with E-state index in [9.17, 15) is 14.9 Å². The summed E-state index contributed by atoms with van der Waals surface area (Å²) >= 11 is 2.48. The second-order valence-electron chi connectivity index (χ2n) is 11.4. The molecule has 0 saturated heterocycles. The first-order valence-corrected chi connectivity index (χ1v) is 15.9. The van der Waals surface area contributed by atoms with Crippen molar-refractivity contribution in [3.05, 3.63) is 76.3 Å². The number of benzene rings is 2. The van der Waals surface area contributed by atoms with Crippen molar-refractivity contribution < 1.29 is 19.1 Å². The fourth-order valence-electron chi connectivity index (χ4n) is 5.56. The number of aromatic nitrogens is 2. The molecule has 2 heterocycles. The molecule has 2 aromatic carbocycles. The van der Waals surface area contributed by atoms with Crippen molar-refractivity contribution in [3.8, 4) is 17.6 Å². The van der Waals surface area contributed by atoms with Gasteiger partial charge in [0, 0.05) is 41.6 Å². The molecule has 228 valence electrons. The standard InChI is InChI=1S/C32H34N6O4S2/c1-6-18-7-9-19(10-8-18)27-23(16-33)29(34)38(24-14-32(2,3)15-25(39)28(24)27)30-36-37-31(44-30)43-17-26(40)35-20-11-21(41-4)13-22(12-20)42-5/h7-13,27H,6,14-15,17,34H2,1-5H3,(H,35,40). The molecule has 44 heavy (non-hydrogen) atoms. The van der Waals surface area contributed by atoms with Crippen LogP contribution < -0.4 is 25.4 Å². The number of hydrogen-bond donors (Lipinski definition) is 2. The van der Waals surface area contributed by atoms with E-state index >= 15 is 0 Å². The summed E-state index contributed by atoms with van der Waals surface area (Å²) in [7, 11) is 3.08. The Labute approximate surface area is 264 Å². The average molecular weight is 631 g/mol. The van der Waals surface area contributed by atoms with Crippen LogP contribution in [0.3, 0.4) is 0 Å². The molecule has 1 atom stereocenters. The molecule has 1 aliphatic heterocycles. The van der Waals surface area contributed by atoms with E-state index in [2.05, 4.69) is 42.4 Å². The van der Waals surface area contributed by atoms with Gasteiger partial charge in [-0.15, -0.1) is 10.2 Å². The minimum absolute atomic E-state index is 0.00368. The van der Waals surface area contributed by atoms with Gasteiger partial charge in [0.25, 0.3) is 0 Å². The second kappa shape index (κ2) is 12.7. The lowest BCUT2D eigenvalue weighted by atomic mass is 9.68. The highest BCUT2D eigenvalue weighted by Crippen LogP contribution is 2.50. The Morgan fingerprint density at radius 3 is 2.45 bits per heavy atom. The van der Waals surface area contributed by atoms with Crippen molar-refractivity contribution in [3.63, 3.8) is 0 Å². The molecular weight excluding hydrogens is 597 g/mol.